The summed E-state index contributed by atoms with van der Waals surface area (Å²) >= 11 is 3.53. The van der Waals surface area contributed by atoms with Gasteiger partial charge in [-0.15, -0.1) is 0 Å². The number of benzene rings is 1. The lowest BCUT2D eigenvalue weighted by molar-refractivity contribution is 0.280. The van der Waals surface area contributed by atoms with Crippen molar-refractivity contribution in [2.24, 2.45) is 0 Å². The lowest BCUT2D eigenvalue weighted by Crippen LogP contribution is -1.98. The number of aliphatic hydroxyl groups is 1. The second kappa shape index (κ2) is 6.39. The summed E-state index contributed by atoms with van der Waals surface area (Å²) in [4.78, 5) is 0. The Morgan fingerprint density at radius 3 is 2.83 bits per heavy atom. The number of aryl methyl sites for hydroxylation is 2. The van der Waals surface area contributed by atoms with Gasteiger partial charge in [-0.25, -0.2) is 0 Å². The molecule has 0 aliphatic heterocycles. The number of aliphatic hydroxyl groups excluding tert-OH is 1. The van der Waals surface area contributed by atoms with Crippen LogP contribution < -0.4 is 0 Å². The Labute approximate surface area is 117 Å². The maximum absolute atomic E-state index is 8.98. The zero-order chi connectivity index (χ0) is 13.0. The molecule has 2 nitrogen and oxygen atoms in total. The Morgan fingerprint density at radius 1 is 1.28 bits per heavy atom. The number of unbranched alkanes of at least 4 members (excludes halogenated alkanes) is 1. The molecule has 0 aliphatic carbocycles. The first-order chi connectivity index (χ1) is 8.76. The molecular formula is C15H20BrNO. The van der Waals surface area contributed by atoms with Gasteiger partial charge >= 0.3 is 0 Å². The molecule has 0 aliphatic rings. The van der Waals surface area contributed by atoms with Crippen LogP contribution in [0.15, 0.2) is 28.9 Å². The first kappa shape index (κ1) is 13.6. The normalized spacial score (nSPS) is 11.3. The molecule has 18 heavy (non-hydrogen) atoms. The summed E-state index contributed by atoms with van der Waals surface area (Å²) in [5, 5.41) is 10.3. The number of halogens is 1. The Bertz CT molecular complexity index is 518. The molecule has 2 aromatic rings. The number of hydrogen-bond donors (Lipinski definition) is 1. The van der Waals surface area contributed by atoms with Crippen molar-refractivity contribution in [3.63, 3.8) is 0 Å². The van der Waals surface area contributed by atoms with E-state index in [0.29, 0.717) is 0 Å². The molecule has 2 rings (SSSR count). The van der Waals surface area contributed by atoms with Crippen molar-refractivity contribution in [1.29, 1.82) is 0 Å². The Morgan fingerprint density at radius 2 is 2.11 bits per heavy atom. The minimum atomic E-state index is 0.248. The highest BCUT2D eigenvalue weighted by molar-refractivity contribution is 9.10. The van der Waals surface area contributed by atoms with E-state index < -0.39 is 0 Å². The first-order valence-corrected chi connectivity index (χ1v) is 7.43. The molecule has 98 valence electrons. The molecule has 3 heteroatoms. The van der Waals surface area contributed by atoms with Crippen molar-refractivity contribution in [2.75, 3.05) is 6.61 Å². The summed E-state index contributed by atoms with van der Waals surface area (Å²) in [6.45, 7) is 3.36. The van der Waals surface area contributed by atoms with Crippen LogP contribution in [0.4, 0.5) is 0 Å². The maximum Gasteiger partial charge on any atom is 0.0494 e. The van der Waals surface area contributed by atoms with Gasteiger partial charge in [0.25, 0.3) is 0 Å². The summed E-state index contributed by atoms with van der Waals surface area (Å²) < 4.78 is 3.38. The number of aromatic nitrogens is 1. The number of rotatable bonds is 6. The molecule has 0 fully saturated rings. The Balaban J connectivity index is 2.39. The molecule has 0 spiro atoms. The number of fused-ring (bicyclic) bond motifs is 1. The SMILES string of the molecule is CCCCc1cn(CCCO)c2cc(Br)ccc12. The number of nitrogens with zero attached hydrogens (tertiary/aromatic N) is 1. The highest BCUT2D eigenvalue weighted by Gasteiger charge is 2.08. The van der Waals surface area contributed by atoms with Crippen LogP contribution in [-0.4, -0.2) is 16.3 Å². The maximum atomic E-state index is 8.98. The molecule has 1 N–H and O–H groups in total. The molecule has 1 aromatic heterocycles. The van der Waals surface area contributed by atoms with Crippen molar-refractivity contribution in [2.45, 2.75) is 39.2 Å². The molecule has 0 atom stereocenters. The fourth-order valence-corrected chi connectivity index (χ4v) is 2.68. The topological polar surface area (TPSA) is 25.2 Å². The van der Waals surface area contributed by atoms with Crippen molar-refractivity contribution < 1.29 is 5.11 Å². The van der Waals surface area contributed by atoms with E-state index in [4.69, 9.17) is 5.11 Å². The van der Waals surface area contributed by atoms with Crippen LogP contribution in [0.3, 0.4) is 0 Å². The second-order valence-electron chi connectivity index (χ2n) is 4.69. The summed E-state index contributed by atoms with van der Waals surface area (Å²) in [7, 11) is 0. The fraction of sp³-hybridized carbons (Fsp3) is 0.467. The Kier molecular flexibility index (Phi) is 4.84. The molecule has 1 aromatic carbocycles. The zero-order valence-corrected chi connectivity index (χ0v) is 12.4. The van der Waals surface area contributed by atoms with Gasteiger partial charge in [0.15, 0.2) is 0 Å². The van der Waals surface area contributed by atoms with Crippen LogP contribution in [0.25, 0.3) is 10.9 Å². The summed E-state index contributed by atoms with van der Waals surface area (Å²) in [6, 6.07) is 6.47. The van der Waals surface area contributed by atoms with E-state index in [2.05, 4.69) is 51.8 Å². The zero-order valence-electron chi connectivity index (χ0n) is 10.8. The molecule has 1 heterocycles. The summed E-state index contributed by atoms with van der Waals surface area (Å²) in [6.07, 6.45) is 6.65. The third-order valence-electron chi connectivity index (χ3n) is 3.28. The highest BCUT2D eigenvalue weighted by Crippen LogP contribution is 2.26. The van der Waals surface area contributed by atoms with Crippen molar-refractivity contribution in [3.05, 3.63) is 34.4 Å². The van der Waals surface area contributed by atoms with Crippen LogP contribution >= 0.6 is 15.9 Å². The van der Waals surface area contributed by atoms with E-state index in [-0.39, 0.29) is 6.61 Å². The van der Waals surface area contributed by atoms with Gasteiger partial charge in [-0.3, -0.25) is 0 Å². The van der Waals surface area contributed by atoms with Gasteiger partial charge in [-0.1, -0.05) is 35.3 Å². The minimum Gasteiger partial charge on any atom is -0.396 e. The van der Waals surface area contributed by atoms with E-state index in [9.17, 15) is 0 Å². The molecule has 0 radical (unpaired) electrons. The van der Waals surface area contributed by atoms with Crippen LogP contribution in [0.5, 0.6) is 0 Å². The second-order valence-corrected chi connectivity index (χ2v) is 5.61. The molecule has 0 saturated carbocycles. The molecule has 0 bridgehead atoms. The smallest absolute Gasteiger partial charge is 0.0494 e. The quantitative estimate of drug-likeness (QED) is 0.853. The lowest BCUT2D eigenvalue weighted by Gasteiger charge is -2.03. The van der Waals surface area contributed by atoms with Crippen LogP contribution in [0, 0.1) is 0 Å². The molecule has 0 saturated heterocycles. The molecule has 0 amide bonds. The monoisotopic (exact) mass is 309 g/mol. The number of hydrogen-bond acceptors (Lipinski definition) is 1. The van der Waals surface area contributed by atoms with Crippen molar-refractivity contribution in [1.82, 2.24) is 4.57 Å². The highest BCUT2D eigenvalue weighted by atomic mass is 79.9. The predicted octanol–water partition coefficient (Wildman–Crippen LogP) is 4.13. The predicted molar refractivity (Wildman–Crippen MR) is 80.0 cm³/mol. The first-order valence-electron chi connectivity index (χ1n) is 6.64. The molecule has 0 unspecified atom stereocenters. The van der Waals surface area contributed by atoms with Gasteiger partial charge in [0, 0.05) is 34.7 Å². The van der Waals surface area contributed by atoms with Gasteiger partial charge in [-0.2, -0.15) is 0 Å². The third-order valence-corrected chi connectivity index (χ3v) is 3.78. The van der Waals surface area contributed by atoms with Gasteiger partial charge in [0.05, 0.1) is 0 Å². The van der Waals surface area contributed by atoms with Gasteiger partial charge in [0.1, 0.15) is 0 Å². The van der Waals surface area contributed by atoms with E-state index in [1.807, 2.05) is 0 Å². The lowest BCUT2D eigenvalue weighted by atomic mass is 10.1. The summed E-state index contributed by atoms with van der Waals surface area (Å²) in [5.74, 6) is 0. The van der Waals surface area contributed by atoms with Gasteiger partial charge in [-0.05, 0) is 37.0 Å². The minimum absolute atomic E-state index is 0.248. The van der Waals surface area contributed by atoms with Crippen LogP contribution in [0.2, 0.25) is 0 Å². The van der Waals surface area contributed by atoms with Crippen LogP contribution in [-0.2, 0) is 13.0 Å². The van der Waals surface area contributed by atoms with E-state index in [0.717, 1.165) is 23.9 Å². The van der Waals surface area contributed by atoms with E-state index >= 15 is 0 Å². The van der Waals surface area contributed by atoms with Crippen LogP contribution in [0.1, 0.15) is 31.7 Å². The molecular weight excluding hydrogens is 290 g/mol. The van der Waals surface area contributed by atoms with E-state index in [1.165, 1.54) is 29.3 Å². The third kappa shape index (κ3) is 2.96. The van der Waals surface area contributed by atoms with Gasteiger partial charge in [0.2, 0.25) is 0 Å². The standard InChI is InChI=1S/C15H20BrNO/c1-2-3-5-12-11-17(8-4-9-18)15-10-13(16)6-7-14(12)15/h6-7,10-11,18H,2-5,8-9H2,1H3. The Hall–Kier alpha value is -0.800. The largest absolute Gasteiger partial charge is 0.396 e. The average Bonchev–Trinajstić information content (AvgIpc) is 2.71. The van der Waals surface area contributed by atoms with Crippen molar-refractivity contribution in [3.8, 4) is 0 Å². The van der Waals surface area contributed by atoms with E-state index in [1.54, 1.807) is 0 Å². The average molecular weight is 310 g/mol. The van der Waals surface area contributed by atoms with Crippen molar-refractivity contribution >= 4 is 26.8 Å². The fourth-order valence-electron chi connectivity index (χ4n) is 2.33. The van der Waals surface area contributed by atoms with Gasteiger partial charge < -0.3 is 9.67 Å². The summed E-state index contributed by atoms with van der Waals surface area (Å²) in [5.41, 5.74) is 2.70.